The third kappa shape index (κ3) is 38.3. The Morgan fingerprint density at radius 2 is 0.455 bits per heavy atom. The Morgan fingerprint density at radius 1 is 0.318 bits per heavy atom. The fraction of sp³-hybridized carbons (Fsp3) is 0.500. The van der Waals surface area contributed by atoms with Crippen molar-refractivity contribution in [3.63, 3.8) is 0 Å². The quantitative estimate of drug-likeness (QED) is 0.0165. The van der Waals surface area contributed by atoms with Crippen LogP contribution in [0.3, 0.4) is 0 Å². The molecule has 4 atom stereocenters. The first-order valence-electron chi connectivity index (χ1n) is 43.8. The van der Waals surface area contributed by atoms with Crippen molar-refractivity contribution in [3.8, 4) is 0 Å². The van der Waals surface area contributed by atoms with Crippen LogP contribution in [0.4, 0.5) is 0 Å². The molecule has 0 saturated carbocycles. The van der Waals surface area contributed by atoms with E-state index >= 15 is 0 Å². The van der Waals surface area contributed by atoms with E-state index in [1.807, 2.05) is 13.8 Å². The Morgan fingerprint density at radius 3 is 0.561 bits per heavy atom. The van der Waals surface area contributed by atoms with Crippen molar-refractivity contribution in [1.29, 1.82) is 0 Å². The monoisotopic (exact) mass is 2010 g/mol. The standard InChI is InChI=1S/C94H124N6.C4H10O.2C3H7NO.2Mo.H2O4S.4O2.2O/c1-87(2,3)73-49-65(50-74(57-73)88(4,5)6)61-97-81(69-37-29-25-30-38-69)82(70-39-31-26-32-40-70)98(62-66-51-75(89(7,8)9)58-76(52-66)90(10,11)12)85(97)95-45-47-96(48-46-95)86-99(63-67-53-77(91(13,14)15)59-78(54-67)92(16,17)18)83(71-41-33-27-34-42-71)84(72-43-35-28-36-44-72)100(86)64-68-55-79(93(19,20)21)60-80(56-68)94(22,23)24;1-3-5-4-2;2*1-4(2)3-5;;;1-5(2,3)4;4*1-2;;/h25-44,49-60,81-84H,45-48,61-64H2,1-24H3;3-4H2,1-2H3;2*3H,1-2H3;;;(H2,1,2,3,4);;;;;;/q+2;;;;;;;6*-2/p-2/t81-,82-,83-,84-;;;;;;;;;;;;/m1............/s1. The van der Waals surface area contributed by atoms with Crippen molar-refractivity contribution in [2.75, 3.05) is 67.6 Å². The van der Waals surface area contributed by atoms with Crippen LogP contribution < -0.4 is 42.1 Å². The maximum absolute atomic E-state index is 9.43. The summed E-state index contributed by atoms with van der Waals surface area (Å²) >= 11 is 0. The predicted molar refractivity (Wildman–Crippen MR) is 498 cm³/mol. The Kier molecular flexibility index (Phi) is 53.4. The summed E-state index contributed by atoms with van der Waals surface area (Å²) in [6, 6.07) is 76.5. The summed E-state index contributed by atoms with van der Waals surface area (Å²) in [5, 5.41) is 56.0. The van der Waals surface area contributed by atoms with E-state index in [0.717, 1.165) is 78.4 Å². The van der Waals surface area contributed by atoms with E-state index in [9.17, 15) is 9.59 Å². The van der Waals surface area contributed by atoms with E-state index in [1.54, 1.807) is 28.2 Å². The number of benzene rings is 8. The van der Waals surface area contributed by atoms with Crippen LogP contribution in [0.1, 0.15) is 293 Å². The Bertz CT molecular complexity index is 4180. The van der Waals surface area contributed by atoms with Crippen LogP contribution >= 0.6 is 0 Å². The third-order valence-corrected chi connectivity index (χ3v) is 22.5. The maximum atomic E-state index is 9.43. The Balaban J connectivity index is 0. The van der Waals surface area contributed by atoms with Crippen molar-refractivity contribution < 1.29 is 136 Å². The van der Waals surface area contributed by atoms with E-state index in [1.165, 1.54) is 111 Å². The molecule has 28 heteroatoms. The van der Waals surface area contributed by atoms with Gasteiger partial charge in [0.2, 0.25) is 12.8 Å². The number of carbonyl (C=O) groups excluding carboxylic acids is 2. The van der Waals surface area contributed by atoms with E-state index in [-0.39, 0.29) is 121 Å². The summed E-state index contributed by atoms with van der Waals surface area (Å²) < 4.78 is 44.6. The van der Waals surface area contributed by atoms with Gasteiger partial charge in [0.1, 0.15) is 24.2 Å². The molecule has 8 aromatic carbocycles. The largest absolute Gasteiger partial charge is 2.00 e. The number of amides is 2. The molecule has 3 heterocycles. The molecule has 0 aromatic heterocycles. The topological polar surface area (TPSA) is 391 Å². The van der Waals surface area contributed by atoms with Gasteiger partial charge in [0, 0.05) is 93.9 Å². The minimum absolute atomic E-state index is 0. The molecule has 3 aliphatic heterocycles. The van der Waals surface area contributed by atoms with Crippen LogP contribution in [-0.4, -0.2) is 148 Å². The maximum Gasteiger partial charge on any atom is 0.352 e. The number of piperazine rings is 1. The summed E-state index contributed by atoms with van der Waals surface area (Å²) in [5.41, 5.74) is 21.5. The molecule has 0 unspecified atom stereocenters. The van der Waals surface area contributed by atoms with Crippen molar-refractivity contribution in [1.82, 2.24) is 29.4 Å². The van der Waals surface area contributed by atoms with Crippen LogP contribution in [0.15, 0.2) is 194 Å². The second-order valence-electron chi connectivity index (χ2n) is 41.5. The molecular formula is C104H148Mo2N8O17S-12. The number of carbonyl (C=O) groups is 2. The first kappa shape index (κ1) is 126. The normalized spacial score (nSPS) is 15.6. The molecule has 0 bridgehead atoms. The average Bonchev–Trinajstić information content (AvgIpc) is 1.58. The first-order valence-corrected chi connectivity index (χ1v) is 45.1. The molecule has 3 fully saturated rings. The van der Waals surface area contributed by atoms with Gasteiger partial charge in [0.05, 0.1) is 52.4 Å². The van der Waals surface area contributed by atoms with Gasteiger partial charge >= 0.3 is 11.9 Å². The minimum Gasteiger partial charge on any atom is -2.00 e. The van der Waals surface area contributed by atoms with Gasteiger partial charge in [-0.1, -0.05) is 360 Å². The molecule has 0 N–H and O–H groups in total. The van der Waals surface area contributed by atoms with E-state index < -0.39 is 10.4 Å². The molecule has 2 amide bonds. The van der Waals surface area contributed by atoms with Crippen LogP contribution in [0.25, 0.3) is 0 Å². The number of nitrogens with zero attached hydrogens (tertiary/aromatic N) is 8. The van der Waals surface area contributed by atoms with Gasteiger partial charge in [-0.15, -0.1) is 0 Å². The number of hydrogen-bond acceptors (Lipinski definition) is 15. The van der Waals surface area contributed by atoms with Crippen molar-refractivity contribution in [3.05, 3.63) is 283 Å². The van der Waals surface area contributed by atoms with Crippen LogP contribution in [0, 0.1) is 0 Å². The summed E-state index contributed by atoms with van der Waals surface area (Å²) in [5.74, 6) is 2.63. The Hall–Kier alpha value is -7.95. The van der Waals surface area contributed by atoms with Gasteiger partial charge in [-0.2, -0.15) is 0 Å². The minimum atomic E-state index is -5.17. The molecule has 11 rings (SSSR count). The van der Waals surface area contributed by atoms with Crippen molar-refractivity contribution in [2.24, 2.45) is 0 Å². The molecule has 0 radical (unpaired) electrons. The summed E-state index contributed by atoms with van der Waals surface area (Å²) in [6.45, 7) is 69.2. The van der Waals surface area contributed by atoms with E-state index in [2.05, 4.69) is 389 Å². The van der Waals surface area contributed by atoms with E-state index in [4.69, 9.17) is 64.3 Å². The zero-order valence-corrected chi connectivity index (χ0v) is 88.6. The van der Waals surface area contributed by atoms with Gasteiger partial charge < -0.3 is 76.7 Å². The molecule has 25 nitrogen and oxygen atoms in total. The molecule has 3 saturated heterocycles. The van der Waals surface area contributed by atoms with Crippen LogP contribution in [0.2, 0.25) is 0 Å². The number of rotatable bonds is 16. The van der Waals surface area contributed by atoms with Gasteiger partial charge in [-0.25, -0.2) is 19.6 Å². The average molecular weight is 2010 g/mol. The summed E-state index contributed by atoms with van der Waals surface area (Å²) in [7, 11) is 1.58. The second kappa shape index (κ2) is 55.9. The van der Waals surface area contributed by atoms with Crippen LogP contribution in [-0.2, 0) is 147 Å². The molecule has 132 heavy (non-hydrogen) atoms. The summed E-state index contributed by atoms with van der Waals surface area (Å²) in [4.78, 5) is 33.2. The van der Waals surface area contributed by atoms with Crippen molar-refractivity contribution in [2.45, 2.75) is 274 Å². The summed E-state index contributed by atoms with van der Waals surface area (Å²) in [6.07, 6.45) is 1.50. The molecule has 8 aromatic rings. The van der Waals surface area contributed by atoms with Crippen LogP contribution in [0.5, 0.6) is 0 Å². The molecule has 0 spiro atoms. The van der Waals surface area contributed by atoms with Gasteiger partial charge in [-0.3, -0.25) is 27.2 Å². The smallest absolute Gasteiger partial charge is 0.352 e. The fourth-order valence-electron chi connectivity index (χ4n) is 15.7. The van der Waals surface area contributed by atoms with Gasteiger partial charge in [0.15, 0.2) is 0 Å². The second-order valence-corrected chi connectivity index (χ2v) is 42.3. The van der Waals surface area contributed by atoms with E-state index in [0.29, 0.717) is 0 Å². The molecule has 3 aliphatic rings. The van der Waals surface area contributed by atoms with Gasteiger partial charge in [0.25, 0.3) is 0 Å². The predicted octanol–water partition coefficient (Wildman–Crippen LogP) is 11.5. The van der Waals surface area contributed by atoms with Gasteiger partial charge in [-0.05, 0) is 146 Å². The zero-order chi connectivity index (χ0) is 97.6. The molecule has 736 valence electrons. The first-order chi connectivity index (χ1) is 59.6. The van der Waals surface area contributed by atoms with Crippen molar-refractivity contribution >= 4 is 35.1 Å². The molecular weight excluding hydrogens is 1860 g/mol. The number of hydrogen-bond donors (Lipinski definition) is 0. The third-order valence-electron chi connectivity index (χ3n) is 22.5. The SMILES string of the molecule is CC(C)(C)c1cc(CN2C(=[N+]3CC[N+](=C4N(Cc5cc(C(C)(C)C)cc(C(C)(C)C)c5)[C@H](c5ccccc5)[C@@H](c5ccccc5)N4Cc4cc(C(C)(C)C)cc(C(C)(C)C)c4)CC3)N(Cc3cc(C(C)(C)C)cc(C(C)(C)C)c3)[C@H](c3ccccc3)[C@H]2c2ccccc2)cc(C(C)(C)C)c1.CCOCC.CN(C)C=O.CN(C)C=O.O=S(=O)([O-])[O-].[Mo].[Mo].[O-2].[O-2].[O-][O-].[O-][O-].[O-][O-].[O-][O-]. The number of guanidine groups is 2. The fourth-order valence-corrected chi connectivity index (χ4v) is 15.7. The Labute approximate surface area is 819 Å². The number of ether oxygens (including phenoxy) is 1. The molecule has 0 aliphatic carbocycles. The zero-order valence-electron chi connectivity index (χ0n) is 83.8.